The Morgan fingerprint density at radius 2 is 2.24 bits per heavy atom. The van der Waals surface area contributed by atoms with Gasteiger partial charge in [0.05, 0.1) is 0 Å². The summed E-state index contributed by atoms with van der Waals surface area (Å²) in [7, 11) is 0. The number of rotatable bonds is 6. The van der Waals surface area contributed by atoms with E-state index in [-0.39, 0.29) is 30.0 Å². The van der Waals surface area contributed by atoms with Crippen LogP contribution in [-0.4, -0.2) is 24.2 Å². The van der Waals surface area contributed by atoms with E-state index in [9.17, 15) is 9.18 Å². The number of hydrogen-bond acceptors (Lipinski definition) is 3. The largest absolute Gasteiger partial charge is 0.451 e. The van der Waals surface area contributed by atoms with Crippen molar-refractivity contribution in [3.05, 3.63) is 35.3 Å². The first-order valence-corrected chi connectivity index (χ1v) is 7.10. The Kier molecular flexibility index (Phi) is 4.96. The van der Waals surface area contributed by atoms with Crippen molar-refractivity contribution in [2.24, 2.45) is 5.92 Å². The lowest BCUT2D eigenvalue weighted by Gasteiger charge is -2.07. The van der Waals surface area contributed by atoms with Crippen LogP contribution in [0.5, 0.6) is 0 Å². The fourth-order valence-electron chi connectivity index (χ4n) is 2.23. The van der Waals surface area contributed by atoms with Crippen molar-refractivity contribution in [3.63, 3.8) is 0 Å². The van der Waals surface area contributed by atoms with Crippen molar-refractivity contribution in [1.82, 2.24) is 5.32 Å². The third kappa shape index (κ3) is 3.61. The minimum atomic E-state index is -0.351. The zero-order valence-electron chi connectivity index (χ0n) is 12.3. The average molecular weight is 293 g/mol. The molecule has 1 unspecified atom stereocenters. The molecule has 0 radical (unpaired) electrons. The molecule has 0 bridgehead atoms. The van der Waals surface area contributed by atoms with Crippen LogP contribution < -0.4 is 5.32 Å². The summed E-state index contributed by atoms with van der Waals surface area (Å²) in [4.78, 5) is 12.1. The second-order valence-electron chi connectivity index (χ2n) is 5.38. The molecule has 1 aromatic heterocycles. The summed E-state index contributed by atoms with van der Waals surface area (Å²) in [6, 6.07) is 4.20. The lowest BCUT2D eigenvalue weighted by molar-refractivity contribution is 0.0925. The van der Waals surface area contributed by atoms with Crippen LogP contribution in [0.15, 0.2) is 22.6 Å². The maximum absolute atomic E-state index is 13.2. The molecule has 0 spiro atoms. The van der Waals surface area contributed by atoms with Gasteiger partial charge in [-0.1, -0.05) is 6.92 Å². The molecule has 4 nitrogen and oxygen atoms in total. The van der Waals surface area contributed by atoms with E-state index in [2.05, 4.69) is 5.32 Å². The van der Waals surface area contributed by atoms with Crippen LogP contribution in [0.1, 0.15) is 35.9 Å². The number of carbonyl (C=O) groups excluding carboxylic acids is 1. The Labute approximate surface area is 122 Å². The molecule has 0 saturated carbocycles. The van der Waals surface area contributed by atoms with E-state index in [1.807, 2.05) is 6.92 Å². The first kappa shape index (κ1) is 15.5. The van der Waals surface area contributed by atoms with Crippen LogP contribution in [0, 0.1) is 18.7 Å². The van der Waals surface area contributed by atoms with E-state index in [1.54, 1.807) is 6.92 Å². The molecule has 2 rings (SSSR count). The van der Waals surface area contributed by atoms with Crippen molar-refractivity contribution in [2.75, 3.05) is 13.2 Å². The SMILES string of the molecule is Cc1c(C(=O)NCCCC(C)CO)oc2ccc(F)cc12. The molecule has 0 aliphatic heterocycles. The minimum absolute atomic E-state index is 0.155. The van der Waals surface area contributed by atoms with E-state index >= 15 is 0 Å². The van der Waals surface area contributed by atoms with E-state index in [0.29, 0.717) is 23.1 Å². The van der Waals surface area contributed by atoms with Gasteiger partial charge in [-0.2, -0.15) is 0 Å². The first-order valence-electron chi connectivity index (χ1n) is 7.10. The zero-order valence-corrected chi connectivity index (χ0v) is 12.3. The molecule has 1 atom stereocenters. The summed E-state index contributed by atoms with van der Waals surface area (Å²) < 4.78 is 18.7. The van der Waals surface area contributed by atoms with Crippen LogP contribution in [0.3, 0.4) is 0 Å². The standard InChI is InChI=1S/C16H20FNO3/c1-10(9-19)4-3-7-18-16(20)15-11(2)13-8-12(17)5-6-14(13)21-15/h5-6,8,10,19H,3-4,7,9H2,1-2H3,(H,18,20). The molecule has 0 saturated heterocycles. The molecule has 114 valence electrons. The second-order valence-corrected chi connectivity index (χ2v) is 5.38. The van der Waals surface area contributed by atoms with Gasteiger partial charge in [0.15, 0.2) is 5.76 Å². The summed E-state index contributed by atoms with van der Waals surface area (Å²) in [6.07, 6.45) is 1.64. The Morgan fingerprint density at radius 3 is 2.95 bits per heavy atom. The number of fused-ring (bicyclic) bond motifs is 1. The van der Waals surface area contributed by atoms with Crippen molar-refractivity contribution in [2.45, 2.75) is 26.7 Å². The smallest absolute Gasteiger partial charge is 0.287 e. The summed E-state index contributed by atoms with van der Waals surface area (Å²) in [5, 5.41) is 12.3. The highest BCUT2D eigenvalue weighted by Gasteiger charge is 2.17. The van der Waals surface area contributed by atoms with Gasteiger partial charge in [-0.15, -0.1) is 0 Å². The number of furan rings is 1. The van der Waals surface area contributed by atoms with Gasteiger partial charge < -0.3 is 14.8 Å². The van der Waals surface area contributed by atoms with E-state index in [0.717, 1.165) is 12.8 Å². The number of halogens is 1. The van der Waals surface area contributed by atoms with Crippen LogP contribution in [0.4, 0.5) is 4.39 Å². The molecule has 0 fully saturated rings. The lowest BCUT2D eigenvalue weighted by atomic mass is 10.1. The first-order chi connectivity index (χ1) is 10.0. The summed E-state index contributed by atoms with van der Waals surface area (Å²) in [6.45, 7) is 4.38. The van der Waals surface area contributed by atoms with Gasteiger partial charge in [-0.05, 0) is 43.9 Å². The molecule has 0 aliphatic carbocycles. The lowest BCUT2D eigenvalue weighted by Crippen LogP contribution is -2.25. The molecular formula is C16H20FNO3. The summed E-state index contributed by atoms with van der Waals surface area (Å²) >= 11 is 0. The monoisotopic (exact) mass is 293 g/mol. The number of aliphatic hydroxyl groups excluding tert-OH is 1. The molecule has 2 N–H and O–H groups in total. The molecule has 1 amide bonds. The van der Waals surface area contributed by atoms with Gasteiger partial charge in [0, 0.05) is 24.1 Å². The van der Waals surface area contributed by atoms with Crippen molar-refractivity contribution < 1.29 is 18.7 Å². The molecule has 5 heteroatoms. The van der Waals surface area contributed by atoms with E-state index in [4.69, 9.17) is 9.52 Å². The van der Waals surface area contributed by atoms with Crippen molar-refractivity contribution in [1.29, 1.82) is 0 Å². The number of carbonyl (C=O) groups is 1. The summed E-state index contributed by atoms with van der Waals surface area (Å²) in [5.74, 6) is -0.180. The quantitative estimate of drug-likeness (QED) is 0.805. The summed E-state index contributed by atoms with van der Waals surface area (Å²) in [5.41, 5.74) is 1.15. The Balaban J connectivity index is 2.01. The number of benzene rings is 1. The molecule has 0 aliphatic rings. The highest BCUT2D eigenvalue weighted by molar-refractivity contribution is 5.98. The van der Waals surface area contributed by atoms with Gasteiger partial charge in [0.25, 0.3) is 5.91 Å². The highest BCUT2D eigenvalue weighted by atomic mass is 19.1. The number of aliphatic hydroxyl groups is 1. The number of amides is 1. The van der Waals surface area contributed by atoms with Crippen LogP contribution in [-0.2, 0) is 0 Å². The van der Waals surface area contributed by atoms with Gasteiger partial charge in [-0.25, -0.2) is 4.39 Å². The van der Waals surface area contributed by atoms with Gasteiger partial charge in [0.1, 0.15) is 11.4 Å². The van der Waals surface area contributed by atoms with Gasteiger partial charge >= 0.3 is 0 Å². The van der Waals surface area contributed by atoms with Gasteiger partial charge in [0.2, 0.25) is 0 Å². The number of aryl methyl sites for hydroxylation is 1. The number of nitrogens with one attached hydrogen (secondary N) is 1. The van der Waals surface area contributed by atoms with Crippen LogP contribution in [0.2, 0.25) is 0 Å². The average Bonchev–Trinajstić information content (AvgIpc) is 2.80. The topological polar surface area (TPSA) is 62.5 Å². The fraction of sp³-hybridized carbons (Fsp3) is 0.438. The van der Waals surface area contributed by atoms with Crippen LogP contribution >= 0.6 is 0 Å². The van der Waals surface area contributed by atoms with Gasteiger partial charge in [-0.3, -0.25) is 4.79 Å². The molecule has 21 heavy (non-hydrogen) atoms. The predicted octanol–water partition coefficient (Wildman–Crippen LogP) is 3.02. The molecule has 1 aromatic carbocycles. The minimum Gasteiger partial charge on any atom is -0.451 e. The number of hydrogen-bond donors (Lipinski definition) is 2. The molecular weight excluding hydrogens is 273 g/mol. The van der Waals surface area contributed by atoms with E-state index in [1.165, 1.54) is 18.2 Å². The highest BCUT2D eigenvalue weighted by Crippen LogP contribution is 2.25. The zero-order chi connectivity index (χ0) is 15.4. The normalized spacial score (nSPS) is 12.6. The maximum atomic E-state index is 13.2. The Hall–Kier alpha value is -1.88. The van der Waals surface area contributed by atoms with Crippen LogP contribution in [0.25, 0.3) is 11.0 Å². The Bertz CT molecular complexity index is 636. The third-order valence-electron chi connectivity index (χ3n) is 3.58. The van der Waals surface area contributed by atoms with Crippen molar-refractivity contribution in [3.8, 4) is 0 Å². The second kappa shape index (κ2) is 6.72. The third-order valence-corrected chi connectivity index (χ3v) is 3.58. The fourth-order valence-corrected chi connectivity index (χ4v) is 2.23. The predicted molar refractivity (Wildman–Crippen MR) is 78.7 cm³/mol. The Morgan fingerprint density at radius 1 is 1.48 bits per heavy atom. The molecule has 2 aromatic rings. The maximum Gasteiger partial charge on any atom is 0.287 e. The van der Waals surface area contributed by atoms with Crippen molar-refractivity contribution >= 4 is 16.9 Å². The van der Waals surface area contributed by atoms with E-state index < -0.39 is 0 Å². The molecule has 1 heterocycles.